The standard InChI is InChI=1S/C31H40O11/c1-15-19(34)13-30(28(4,5)38)22(15)23(36)25(40-16(2)32)29(6)20(35)12-21-31(14-39-21,42-17(3)33)24(29)26(30)41-27(37)18-10-8-7-9-11-18/h7-11,19-21,23-26,34-36,38H,12-14H2,1-6H3/t19-,20+,21+,23+,24+,25-,26+,29+,30-,31-/m0/s1. The van der Waals surface area contributed by atoms with E-state index in [9.17, 15) is 34.8 Å². The number of ether oxygens (including phenoxy) is 4. The van der Waals surface area contributed by atoms with Gasteiger partial charge < -0.3 is 39.4 Å². The molecule has 3 fully saturated rings. The second-order valence-corrected chi connectivity index (χ2v) is 13.0. The van der Waals surface area contributed by atoms with Gasteiger partial charge in [-0.1, -0.05) is 25.1 Å². The first-order valence-corrected chi connectivity index (χ1v) is 14.2. The van der Waals surface area contributed by atoms with E-state index >= 15 is 0 Å². The molecule has 4 N–H and O–H groups in total. The molecule has 0 radical (unpaired) electrons. The van der Waals surface area contributed by atoms with Crippen LogP contribution >= 0.6 is 0 Å². The van der Waals surface area contributed by atoms with Crippen LogP contribution in [0.3, 0.4) is 0 Å². The van der Waals surface area contributed by atoms with Crippen molar-refractivity contribution in [2.75, 3.05) is 6.61 Å². The lowest BCUT2D eigenvalue weighted by atomic mass is 9.49. The van der Waals surface area contributed by atoms with Gasteiger partial charge >= 0.3 is 17.9 Å². The summed E-state index contributed by atoms with van der Waals surface area (Å²) in [6.07, 6.45) is -7.95. The highest BCUT2D eigenvalue weighted by molar-refractivity contribution is 5.89. The minimum Gasteiger partial charge on any atom is -0.459 e. The zero-order valence-corrected chi connectivity index (χ0v) is 24.7. The Hall–Kier alpha value is -2.83. The Labute approximate surface area is 244 Å². The van der Waals surface area contributed by atoms with E-state index in [2.05, 4.69) is 0 Å². The Kier molecular flexibility index (Phi) is 7.38. The molecular formula is C31H40O11. The molecule has 0 aromatic heterocycles. The van der Waals surface area contributed by atoms with Gasteiger partial charge in [0.05, 0.1) is 41.3 Å². The van der Waals surface area contributed by atoms with Crippen molar-refractivity contribution in [3.05, 3.63) is 47.0 Å². The monoisotopic (exact) mass is 588 g/mol. The first-order valence-electron chi connectivity index (χ1n) is 14.2. The number of hydrogen-bond acceptors (Lipinski definition) is 11. The molecule has 11 heteroatoms. The molecule has 1 heterocycles. The fourth-order valence-corrected chi connectivity index (χ4v) is 8.35. The maximum Gasteiger partial charge on any atom is 0.338 e. The third kappa shape index (κ3) is 4.16. The van der Waals surface area contributed by atoms with Crippen LogP contribution in [-0.4, -0.2) is 92.8 Å². The zero-order valence-electron chi connectivity index (χ0n) is 24.7. The fraction of sp³-hybridized carbons (Fsp3) is 0.645. The highest BCUT2D eigenvalue weighted by Gasteiger charge is 2.79. The molecule has 4 aliphatic rings. The summed E-state index contributed by atoms with van der Waals surface area (Å²) in [7, 11) is 0. The van der Waals surface area contributed by atoms with Crippen molar-refractivity contribution in [1.82, 2.24) is 0 Å². The molecule has 0 bridgehead atoms. The summed E-state index contributed by atoms with van der Waals surface area (Å²) in [5.74, 6) is -3.34. The number of esters is 3. The predicted octanol–water partition coefficient (Wildman–Crippen LogP) is 1.44. The van der Waals surface area contributed by atoms with Gasteiger partial charge in [-0.2, -0.15) is 0 Å². The summed E-state index contributed by atoms with van der Waals surface area (Å²) in [6, 6.07) is 8.18. The predicted molar refractivity (Wildman–Crippen MR) is 146 cm³/mol. The molecule has 3 aliphatic carbocycles. The lowest BCUT2D eigenvalue weighted by molar-refractivity contribution is -0.351. The summed E-state index contributed by atoms with van der Waals surface area (Å²) in [5, 5.41) is 47.3. The largest absolute Gasteiger partial charge is 0.459 e. The normalized spacial score (nSPS) is 41.0. The van der Waals surface area contributed by atoms with E-state index in [1.807, 2.05) is 0 Å². The Morgan fingerprint density at radius 3 is 2.17 bits per heavy atom. The van der Waals surface area contributed by atoms with Gasteiger partial charge in [-0.25, -0.2) is 4.79 Å². The third-order valence-electron chi connectivity index (χ3n) is 10.3. The Balaban J connectivity index is 1.87. The minimum atomic E-state index is -1.77. The topological polar surface area (TPSA) is 169 Å². The Bertz CT molecular complexity index is 1300. The fourth-order valence-electron chi connectivity index (χ4n) is 8.35. The Morgan fingerprint density at radius 2 is 1.64 bits per heavy atom. The van der Waals surface area contributed by atoms with Gasteiger partial charge in [0.15, 0.2) is 5.60 Å². The lowest BCUT2D eigenvalue weighted by Crippen LogP contribution is -2.79. The molecule has 42 heavy (non-hydrogen) atoms. The minimum absolute atomic E-state index is 0.0275. The summed E-state index contributed by atoms with van der Waals surface area (Å²) < 4.78 is 24.1. The number of aliphatic hydroxyl groups is 4. The second kappa shape index (κ2) is 10.1. The molecule has 11 nitrogen and oxygen atoms in total. The summed E-state index contributed by atoms with van der Waals surface area (Å²) in [4.78, 5) is 39.0. The van der Waals surface area contributed by atoms with Gasteiger partial charge in [-0.15, -0.1) is 0 Å². The summed E-state index contributed by atoms with van der Waals surface area (Å²) in [5.41, 5.74) is -5.86. The smallest absolute Gasteiger partial charge is 0.338 e. The molecule has 1 aromatic rings. The molecule has 10 atom stereocenters. The van der Waals surface area contributed by atoms with Crippen LogP contribution in [0.4, 0.5) is 0 Å². The van der Waals surface area contributed by atoms with Crippen molar-refractivity contribution >= 4 is 17.9 Å². The van der Waals surface area contributed by atoms with Crippen molar-refractivity contribution in [2.45, 2.75) is 102 Å². The van der Waals surface area contributed by atoms with E-state index in [1.165, 1.54) is 27.7 Å². The van der Waals surface area contributed by atoms with Crippen LogP contribution < -0.4 is 0 Å². The van der Waals surface area contributed by atoms with Crippen LogP contribution in [0.1, 0.15) is 64.7 Å². The van der Waals surface area contributed by atoms with Crippen LogP contribution in [0.15, 0.2) is 41.5 Å². The molecule has 0 amide bonds. The molecule has 230 valence electrons. The number of benzene rings is 1. The van der Waals surface area contributed by atoms with Crippen molar-refractivity contribution in [3.8, 4) is 0 Å². The van der Waals surface area contributed by atoms with Gasteiger partial charge in [0.2, 0.25) is 0 Å². The van der Waals surface area contributed by atoms with Crippen molar-refractivity contribution in [1.29, 1.82) is 0 Å². The van der Waals surface area contributed by atoms with Crippen LogP contribution in [0.2, 0.25) is 0 Å². The molecule has 5 rings (SSSR count). The van der Waals surface area contributed by atoms with E-state index in [0.717, 1.165) is 0 Å². The van der Waals surface area contributed by atoms with E-state index < -0.39 is 82.5 Å². The SMILES string of the molecule is CC(=O)O[C@H]1[C@H](O)C2=C(C)[C@@H](O)C[C@@]2(C(C)(C)O)[C@H](OC(=O)c2ccccc2)[C@H]2[C@]3(OC(C)=O)CO[C@@H]3C[C@@H](O)[C@@]12C. The van der Waals surface area contributed by atoms with Crippen LogP contribution in [-0.2, 0) is 28.5 Å². The Morgan fingerprint density at radius 1 is 1.00 bits per heavy atom. The first-order chi connectivity index (χ1) is 19.5. The summed E-state index contributed by atoms with van der Waals surface area (Å²) >= 11 is 0. The number of carbonyl (C=O) groups is 3. The molecule has 2 saturated carbocycles. The average molecular weight is 589 g/mol. The van der Waals surface area contributed by atoms with Crippen LogP contribution in [0, 0.1) is 16.7 Å². The van der Waals surface area contributed by atoms with Crippen LogP contribution in [0.5, 0.6) is 0 Å². The van der Waals surface area contributed by atoms with Crippen molar-refractivity contribution in [2.24, 2.45) is 16.7 Å². The third-order valence-corrected chi connectivity index (χ3v) is 10.3. The maximum absolute atomic E-state index is 13.8. The van der Waals surface area contributed by atoms with Crippen molar-refractivity contribution in [3.63, 3.8) is 0 Å². The molecule has 0 unspecified atom stereocenters. The highest BCUT2D eigenvalue weighted by Crippen LogP contribution is 2.68. The molecular weight excluding hydrogens is 548 g/mol. The molecule has 1 aliphatic heterocycles. The second-order valence-electron chi connectivity index (χ2n) is 13.0. The molecule has 0 spiro atoms. The van der Waals surface area contributed by atoms with Gasteiger partial charge in [0.25, 0.3) is 0 Å². The average Bonchev–Trinajstić information content (AvgIpc) is 3.15. The molecule has 1 aromatic carbocycles. The quantitative estimate of drug-likeness (QED) is 0.223. The lowest BCUT2D eigenvalue weighted by Gasteiger charge is -2.65. The first kappa shape index (κ1) is 30.6. The van der Waals surface area contributed by atoms with Crippen LogP contribution in [0.25, 0.3) is 0 Å². The van der Waals surface area contributed by atoms with Gasteiger partial charge in [-0.3, -0.25) is 9.59 Å². The van der Waals surface area contributed by atoms with E-state index in [-0.39, 0.29) is 30.6 Å². The van der Waals surface area contributed by atoms with Gasteiger partial charge in [0, 0.05) is 25.7 Å². The highest BCUT2D eigenvalue weighted by atomic mass is 16.6. The number of aliphatic hydroxyl groups excluding tert-OH is 3. The van der Waals surface area contributed by atoms with Gasteiger partial charge in [-0.05, 0) is 50.5 Å². The zero-order chi connectivity index (χ0) is 31.0. The van der Waals surface area contributed by atoms with Gasteiger partial charge in [0.1, 0.15) is 24.4 Å². The number of fused-ring (bicyclic) bond motifs is 4. The number of rotatable bonds is 5. The van der Waals surface area contributed by atoms with E-state index in [0.29, 0.717) is 5.57 Å². The van der Waals surface area contributed by atoms with E-state index in [4.69, 9.17) is 18.9 Å². The van der Waals surface area contributed by atoms with E-state index in [1.54, 1.807) is 44.2 Å². The maximum atomic E-state index is 13.8. The summed E-state index contributed by atoms with van der Waals surface area (Å²) in [6.45, 7) is 8.45. The number of hydrogen-bond donors (Lipinski definition) is 4. The number of carbonyl (C=O) groups excluding carboxylic acids is 3. The molecule has 1 saturated heterocycles. The van der Waals surface area contributed by atoms with Crippen molar-refractivity contribution < 1.29 is 53.8 Å².